The Morgan fingerprint density at radius 3 is 3.13 bits per heavy atom. The Balaban J connectivity index is 2.35. The highest BCUT2D eigenvalue weighted by molar-refractivity contribution is 8.13. The molecule has 0 aliphatic heterocycles. The summed E-state index contributed by atoms with van der Waals surface area (Å²) >= 11 is 7.07. The molecule has 0 fully saturated rings. The van der Waals surface area contributed by atoms with Crippen molar-refractivity contribution in [3.05, 3.63) is 35.1 Å². The summed E-state index contributed by atoms with van der Waals surface area (Å²) in [5, 5.41) is 0.658. The van der Waals surface area contributed by atoms with Crippen LogP contribution in [0.1, 0.15) is 18.9 Å². The summed E-state index contributed by atoms with van der Waals surface area (Å²) in [5.41, 5.74) is 1.03. The zero-order chi connectivity index (χ0) is 11.1. The molecule has 1 heterocycles. The van der Waals surface area contributed by atoms with Gasteiger partial charge in [0.05, 0.1) is 0 Å². The SMILES string of the molecule is CC(=O)SCCC=Cc1ccnc(Cl)c1. The highest BCUT2D eigenvalue weighted by Crippen LogP contribution is 2.10. The van der Waals surface area contributed by atoms with Gasteiger partial charge < -0.3 is 0 Å². The van der Waals surface area contributed by atoms with E-state index >= 15 is 0 Å². The number of aromatic nitrogens is 1. The lowest BCUT2D eigenvalue weighted by Crippen LogP contribution is -1.83. The summed E-state index contributed by atoms with van der Waals surface area (Å²) in [7, 11) is 0. The van der Waals surface area contributed by atoms with Crippen molar-refractivity contribution in [3.8, 4) is 0 Å². The Bertz CT molecular complexity index is 365. The van der Waals surface area contributed by atoms with E-state index in [0.29, 0.717) is 5.15 Å². The first-order valence-corrected chi connectivity index (χ1v) is 5.96. The standard InChI is InChI=1S/C11H12ClNOS/c1-9(14)15-7-3-2-4-10-5-6-13-11(12)8-10/h2,4-6,8H,3,7H2,1H3. The van der Waals surface area contributed by atoms with Crippen LogP contribution in [-0.2, 0) is 4.79 Å². The van der Waals surface area contributed by atoms with E-state index in [1.54, 1.807) is 19.2 Å². The van der Waals surface area contributed by atoms with Crippen molar-refractivity contribution in [3.63, 3.8) is 0 Å². The summed E-state index contributed by atoms with van der Waals surface area (Å²) in [5.74, 6) is 0.824. The molecule has 15 heavy (non-hydrogen) atoms. The zero-order valence-corrected chi connectivity index (χ0v) is 10.0. The van der Waals surface area contributed by atoms with E-state index in [9.17, 15) is 4.79 Å². The molecule has 0 N–H and O–H groups in total. The Morgan fingerprint density at radius 2 is 2.47 bits per heavy atom. The molecular weight excluding hydrogens is 230 g/mol. The van der Waals surface area contributed by atoms with Gasteiger partial charge in [-0.2, -0.15) is 0 Å². The number of pyridine rings is 1. The fourth-order valence-electron chi connectivity index (χ4n) is 1.01. The highest BCUT2D eigenvalue weighted by Gasteiger charge is 1.92. The quantitative estimate of drug-likeness (QED) is 0.598. The van der Waals surface area contributed by atoms with Crippen LogP contribution in [0.25, 0.3) is 6.08 Å². The van der Waals surface area contributed by atoms with E-state index in [1.165, 1.54) is 11.8 Å². The second kappa shape index (κ2) is 6.64. The number of carbonyl (C=O) groups is 1. The van der Waals surface area contributed by atoms with Crippen molar-refractivity contribution in [2.75, 3.05) is 5.75 Å². The minimum absolute atomic E-state index is 0.162. The average molecular weight is 242 g/mol. The number of carbonyl (C=O) groups excluding carboxylic acids is 1. The Hall–Kier alpha value is -0.800. The second-order valence-corrected chi connectivity index (χ2v) is 4.60. The predicted molar refractivity (Wildman–Crippen MR) is 66.0 cm³/mol. The average Bonchev–Trinajstić information content (AvgIpc) is 2.17. The molecule has 0 saturated carbocycles. The molecule has 80 valence electrons. The van der Waals surface area contributed by atoms with Crippen molar-refractivity contribution >= 4 is 34.6 Å². The number of halogens is 1. The van der Waals surface area contributed by atoms with Crippen molar-refractivity contribution in [2.45, 2.75) is 13.3 Å². The van der Waals surface area contributed by atoms with Crippen LogP contribution in [0.5, 0.6) is 0 Å². The van der Waals surface area contributed by atoms with Crippen LogP contribution >= 0.6 is 23.4 Å². The smallest absolute Gasteiger partial charge is 0.185 e. The third kappa shape index (κ3) is 5.60. The molecule has 0 bridgehead atoms. The van der Waals surface area contributed by atoms with Crippen LogP contribution in [0.2, 0.25) is 5.15 Å². The highest BCUT2D eigenvalue weighted by atomic mass is 35.5. The van der Waals surface area contributed by atoms with Gasteiger partial charge >= 0.3 is 0 Å². The monoisotopic (exact) mass is 241 g/mol. The number of hydrogen-bond donors (Lipinski definition) is 0. The Kier molecular flexibility index (Phi) is 5.43. The second-order valence-electron chi connectivity index (χ2n) is 2.94. The summed E-state index contributed by atoms with van der Waals surface area (Å²) < 4.78 is 0. The first-order valence-electron chi connectivity index (χ1n) is 4.60. The predicted octanol–water partition coefficient (Wildman–Crippen LogP) is 3.42. The summed E-state index contributed by atoms with van der Waals surface area (Å²) in [4.78, 5) is 14.5. The lowest BCUT2D eigenvalue weighted by Gasteiger charge is -1.94. The molecule has 0 saturated heterocycles. The van der Waals surface area contributed by atoms with Crippen LogP contribution in [0.3, 0.4) is 0 Å². The topological polar surface area (TPSA) is 30.0 Å². The van der Waals surface area contributed by atoms with Gasteiger partial charge in [-0.15, -0.1) is 0 Å². The maximum Gasteiger partial charge on any atom is 0.185 e. The molecule has 1 rings (SSSR count). The number of hydrogen-bond acceptors (Lipinski definition) is 3. The molecule has 2 nitrogen and oxygen atoms in total. The van der Waals surface area contributed by atoms with Gasteiger partial charge in [-0.3, -0.25) is 4.79 Å². The van der Waals surface area contributed by atoms with E-state index in [-0.39, 0.29) is 5.12 Å². The van der Waals surface area contributed by atoms with Gasteiger partial charge in [-0.05, 0) is 24.1 Å². The van der Waals surface area contributed by atoms with Crippen molar-refractivity contribution in [2.24, 2.45) is 0 Å². The van der Waals surface area contributed by atoms with Gasteiger partial charge in [-0.25, -0.2) is 4.98 Å². The maximum atomic E-state index is 10.6. The van der Waals surface area contributed by atoms with Gasteiger partial charge in [0.1, 0.15) is 5.15 Å². The number of nitrogens with zero attached hydrogens (tertiary/aromatic N) is 1. The van der Waals surface area contributed by atoms with E-state index in [1.807, 2.05) is 18.2 Å². The molecular formula is C11H12ClNOS. The first kappa shape index (κ1) is 12.3. The lowest BCUT2D eigenvalue weighted by atomic mass is 10.2. The molecule has 0 amide bonds. The molecule has 1 aromatic heterocycles. The molecule has 0 radical (unpaired) electrons. The fraction of sp³-hybridized carbons (Fsp3) is 0.273. The molecule has 0 atom stereocenters. The normalized spacial score (nSPS) is 10.8. The summed E-state index contributed by atoms with van der Waals surface area (Å²) in [6.45, 7) is 1.58. The van der Waals surface area contributed by atoms with E-state index < -0.39 is 0 Å². The van der Waals surface area contributed by atoms with E-state index in [0.717, 1.165) is 17.7 Å². The number of rotatable bonds is 4. The third-order valence-electron chi connectivity index (χ3n) is 1.65. The minimum Gasteiger partial charge on any atom is -0.288 e. The molecule has 1 aromatic rings. The fourth-order valence-corrected chi connectivity index (χ4v) is 1.73. The van der Waals surface area contributed by atoms with Gasteiger partial charge in [0.15, 0.2) is 5.12 Å². The van der Waals surface area contributed by atoms with E-state index in [4.69, 9.17) is 11.6 Å². The largest absolute Gasteiger partial charge is 0.288 e. The molecule has 0 unspecified atom stereocenters. The van der Waals surface area contributed by atoms with Crippen LogP contribution in [0.15, 0.2) is 24.4 Å². The molecule has 0 aliphatic rings. The molecule has 4 heteroatoms. The lowest BCUT2D eigenvalue weighted by molar-refractivity contribution is -0.109. The number of thioether (sulfide) groups is 1. The van der Waals surface area contributed by atoms with E-state index in [2.05, 4.69) is 4.98 Å². The van der Waals surface area contributed by atoms with Gasteiger partial charge in [0.2, 0.25) is 0 Å². The van der Waals surface area contributed by atoms with Crippen LogP contribution < -0.4 is 0 Å². The summed E-state index contributed by atoms with van der Waals surface area (Å²) in [6, 6.07) is 3.69. The first-order chi connectivity index (χ1) is 7.18. The van der Waals surface area contributed by atoms with Crippen LogP contribution in [-0.4, -0.2) is 15.9 Å². The van der Waals surface area contributed by atoms with Gasteiger partial charge in [0.25, 0.3) is 0 Å². The van der Waals surface area contributed by atoms with Crippen LogP contribution in [0, 0.1) is 0 Å². The molecule has 0 spiro atoms. The van der Waals surface area contributed by atoms with Gasteiger partial charge in [0, 0.05) is 18.9 Å². The Morgan fingerprint density at radius 1 is 1.67 bits per heavy atom. The summed E-state index contributed by atoms with van der Waals surface area (Å²) in [6.07, 6.45) is 6.56. The van der Waals surface area contributed by atoms with Crippen molar-refractivity contribution in [1.82, 2.24) is 4.98 Å². The van der Waals surface area contributed by atoms with Gasteiger partial charge in [-0.1, -0.05) is 35.5 Å². The Labute approximate surface area is 98.7 Å². The third-order valence-corrected chi connectivity index (χ3v) is 2.70. The number of allylic oxidation sites excluding steroid dienone is 1. The minimum atomic E-state index is 0.162. The maximum absolute atomic E-state index is 10.6. The van der Waals surface area contributed by atoms with Crippen molar-refractivity contribution in [1.29, 1.82) is 0 Å². The molecule has 0 aliphatic carbocycles. The molecule has 0 aromatic carbocycles. The zero-order valence-electron chi connectivity index (χ0n) is 8.44. The van der Waals surface area contributed by atoms with Crippen molar-refractivity contribution < 1.29 is 4.79 Å². The van der Waals surface area contributed by atoms with Crippen LogP contribution in [0.4, 0.5) is 0 Å².